The molecule has 5 nitrogen and oxygen atoms in total. The summed E-state index contributed by atoms with van der Waals surface area (Å²) < 4.78 is 1.73. The number of aromatic nitrogens is 2. The number of carbonyl (C=O) groups is 1. The SMILES string of the molecule is NC(=O)c1ncn2c1NCC=C2. The zero-order valence-corrected chi connectivity index (χ0v) is 6.32. The van der Waals surface area contributed by atoms with Crippen LogP contribution in [0.2, 0.25) is 0 Å². The van der Waals surface area contributed by atoms with Gasteiger partial charge in [0.05, 0.1) is 0 Å². The highest BCUT2D eigenvalue weighted by atomic mass is 16.1. The molecule has 1 aliphatic rings. The second-order valence-corrected chi connectivity index (χ2v) is 2.48. The van der Waals surface area contributed by atoms with Gasteiger partial charge in [0, 0.05) is 12.7 Å². The van der Waals surface area contributed by atoms with Crippen molar-refractivity contribution in [2.75, 3.05) is 11.9 Å². The Morgan fingerprint density at radius 2 is 2.58 bits per heavy atom. The lowest BCUT2D eigenvalue weighted by Crippen LogP contribution is -2.16. The van der Waals surface area contributed by atoms with Gasteiger partial charge >= 0.3 is 0 Å². The zero-order chi connectivity index (χ0) is 8.55. The molecule has 3 N–H and O–H groups in total. The maximum atomic E-state index is 10.8. The predicted molar refractivity (Wildman–Crippen MR) is 44.6 cm³/mol. The largest absolute Gasteiger partial charge is 0.366 e. The number of nitrogens with one attached hydrogen (secondary N) is 1. The van der Waals surface area contributed by atoms with E-state index in [0.717, 1.165) is 0 Å². The van der Waals surface area contributed by atoms with Crippen LogP contribution < -0.4 is 11.1 Å². The number of rotatable bonds is 1. The highest BCUT2D eigenvalue weighted by Crippen LogP contribution is 2.16. The van der Waals surface area contributed by atoms with Gasteiger partial charge < -0.3 is 11.1 Å². The third-order valence-electron chi connectivity index (χ3n) is 1.68. The van der Waals surface area contributed by atoms with Crippen molar-refractivity contribution in [3.63, 3.8) is 0 Å². The molecular formula is C7H8N4O. The summed E-state index contributed by atoms with van der Waals surface area (Å²) in [5.41, 5.74) is 5.39. The molecule has 0 spiro atoms. The molecule has 0 aliphatic carbocycles. The molecule has 2 rings (SSSR count). The van der Waals surface area contributed by atoms with E-state index in [9.17, 15) is 4.79 Å². The molecule has 2 heterocycles. The van der Waals surface area contributed by atoms with Gasteiger partial charge in [-0.15, -0.1) is 0 Å². The van der Waals surface area contributed by atoms with Gasteiger partial charge in [-0.1, -0.05) is 0 Å². The lowest BCUT2D eigenvalue weighted by molar-refractivity contribution is 0.0997. The molecular weight excluding hydrogens is 156 g/mol. The average Bonchev–Trinajstić information content (AvgIpc) is 2.47. The van der Waals surface area contributed by atoms with Gasteiger partial charge in [-0.05, 0) is 6.08 Å². The maximum absolute atomic E-state index is 10.8. The first-order chi connectivity index (χ1) is 5.79. The second-order valence-electron chi connectivity index (χ2n) is 2.48. The van der Waals surface area contributed by atoms with Crippen LogP contribution in [0, 0.1) is 0 Å². The maximum Gasteiger partial charge on any atom is 0.271 e. The number of nitrogens with zero attached hydrogens (tertiary/aromatic N) is 2. The number of carbonyl (C=O) groups excluding carboxylic acids is 1. The number of hydrogen-bond donors (Lipinski definition) is 2. The second kappa shape index (κ2) is 2.37. The van der Waals surface area contributed by atoms with Crippen molar-refractivity contribution in [1.82, 2.24) is 9.55 Å². The van der Waals surface area contributed by atoms with Crippen LogP contribution in [0.5, 0.6) is 0 Å². The minimum Gasteiger partial charge on any atom is -0.366 e. The molecule has 1 aliphatic heterocycles. The van der Waals surface area contributed by atoms with Crippen LogP contribution in [-0.4, -0.2) is 22.0 Å². The predicted octanol–water partition coefficient (Wildman–Crippen LogP) is -0.122. The van der Waals surface area contributed by atoms with E-state index in [2.05, 4.69) is 10.3 Å². The number of fused-ring (bicyclic) bond motifs is 1. The summed E-state index contributed by atoms with van der Waals surface area (Å²) in [6, 6.07) is 0. The molecule has 0 bridgehead atoms. The summed E-state index contributed by atoms with van der Waals surface area (Å²) >= 11 is 0. The third kappa shape index (κ3) is 0.868. The van der Waals surface area contributed by atoms with E-state index in [4.69, 9.17) is 5.73 Å². The van der Waals surface area contributed by atoms with Crippen LogP contribution in [0.15, 0.2) is 12.4 Å². The summed E-state index contributed by atoms with van der Waals surface area (Å²) in [7, 11) is 0. The number of nitrogens with two attached hydrogens (primary N) is 1. The van der Waals surface area contributed by atoms with Crippen LogP contribution in [0.25, 0.3) is 6.20 Å². The van der Waals surface area contributed by atoms with Crippen molar-refractivity contribution in [3.05, 3.63) is 18.1 Å². The molecule has 0 saturated carbocycles. The average molecular weight is 164 g/mol. The van der Waals surface area contributed by atoms with E-state index in [1.807, 2.05) is 12.3 Å². The van der Waals surface area contributed by atoms with E-state index in [1.165, 1.54) is 0 Å². The van der Waals surface area contributed by atoms with Crippen LogP contribution in [0.4, 0.5) is 5.82 Å². The summed E-state index contributed by atoms with van der Waals surface area (Å²) in [6.45, 7) is 0.700. The Morgan fingerprint density at radius 1 is 1.75 bits per heavy atom. The van der Waals surface area contributed by atoms with Gasteiger partial charge in [0.2, 0.25) is 0 Å². The van der Waals surface area contributed by atoms with Gasteiger partial charge in [0.1, 0.15) is 12.1 Å². The van der Waals surface area contributed by atoms with Crippen molar-refractivity contribution >= 4 is 17.9 Å². The van der Waals surface area contributed by atoms with E-state index < -0.39 is 5.91 Å². The van der Waals surface area contributed by atoms with Crippen molar-refractivity contribution in [2.24, 2.45) is 5.73 Å². The molecule has 0 aromatic carbocycles. The Hall–Kier alpha value is -1.78. The topological polar surface area (TPSA) is 72.9 Å². The summed E-state index contributed by atoms with van der Waals surface area (Å²) in [5, 5.41) is 3.01. The minimum atomic E-state index is -0.508. The van der Waals surface area contributed by atoms with E-state index >= 15 is 0 Å². The van der Waals surface area contributed by atoms with E-state index in [1.54, 1.807) is 10.9 Å². The summed E-state index contributed by atoms with van der Waals surface area (Å²) in [4.78, 5) is 14.7. The van der Waals surface area contributed by atoms with Gasteiger partial charge in [0.15, 0.2) is 5.69 Å². The lowest BCUT2D eigenvalue weighted by atomic mass is 10.4. The Bertz CT molecular complexity index is 352. The van der Waals surface area contributed by atoms with Crippen molar-refractivity contribution in [1.29, 1.82) is 0 Å². The fraction of sp³-hybridized carbons (Fsp3) is 0.143. The Balaban J connectivity index is 2.53. The lowest BCUT2D eigenvalue weighted by Gasteiger charge is -2.10. The van der Waals surface area contributed by atoms with Gasteiger partial charge in [0.25, 0.3) is 5.91 Å². The van der Waals surface area contributed by atoms with Crippen LogP contribution in [-0.2, 0) is 0 Å². The Labute approximate surface area is 68.9 Å². The molecule has 0 unspecified atom stereocenters. The Kier molecular flexibility index (Phi) is 1.36. The molecule has 1 aromatic rings. The molecule has 0 radical (unpaired) electrons. The van der Waals surface area contributed by atoms with Gasteiger partial charge in [-0.2, -0.15) is 0 Å². The van der Waals surface area contributed by atoms with Crippen LogP contribution in [0.1, 0.15) is 10.5 Å². The molecule has 12 heavy (non-hydrogen) atoms. The first kappa shape index (κ1) is 6.90. The van der Waals surface area contributed by atoms with Gasteiger partial charge in [-0.3, -0.25) is 9.36 Å². The molecule has 62 valence electrons. The molecule has 1 amide bonds. The van der Waals surface area contributed by atoms with Crippen LogP contribution >= 0.6 is 0 Å². The van der Waals surface area contributed by atoms with Crippen molar-refractivity contribution in [2.45, 2.75) is 0 Å². The number of anilines is 1. The van der Waals surface area contributed by atoms with Crippen molar-refractivity contribution < 1.29 is 4.79 Å². The first-order valence-electron chi connectivity index (χ1n) is 3.56. The summed E-state index contributed by atoms with van der Waals surface area (Å²) in [5.74, 6) is 0.163. The number of imidazole rings is 1. The van der Waals surface area contributed by atoms with E-state index in [0.29, 0.717) is 18.1 Å². The number of amides is 1. The number of hydrogen-bond acceptors (Lipinski definition) is 3. The minimum absolute atomic E-state index is 0.291. The standard InChI is InChI=1S/C7H8N4O/c8-6(12)5-7-9-2-1-3-11(7)4-10-5/h1,3-4,9H,2H2,(H2,8,12). The van der Waals surface area contributed by atoms with Crippen molar-refractivity contribution in [3.8, 4) is 0 Å². The third-order valence-corrected chi connectivity index (χ3v) is 1.68. The zero-order valence-electron chi connectivity index (χ0n) is 6.32. The molecule has 1 aromatic heterocycles. The number of primary amides is 1. The fourth-order valence-corrected chi connectivity index (χ4v) is 1.15. The normalized spacial score (nSPS) is 13.7. The first-order valence-corrected chi connectivity index (χ1v) is 3.56. The van der Waals surface area contributed by atoms with E-state index in [-0.39, 0.29) is 0 Å². The quantitative estimate of drug-likeness (QED) is 0.607. The van der Waals surface area contributed by atoms with Crippen LogP contribution in [0.3, 0.4) is 0 Å². The highest BCUT2D eigenvalue weighted by molar-refractivity contribution is 5.96. The molecule has 0 fully saturated rings. The monoisotopic (exact) mass is 164 g/mol. The fourth-order valence-electron chi connectivity index (χ4n) is 1.15. The smallest absolute Gasteiger partial charge is 0.271 e. The van der Waals surface area contributed by atoms with Gasteiger partial charge in [-0.25, -0.2) is 4.98 Å². The Morgan fingerprint density at radius 3 is 3.33 bits per heavy atom. The highest BCUT2D eigenvalue weighted by Gasteiger charge is 2.14. The molecule has 0 saturated heterocycles. The molecule has 5 heteroatoms. The molecule has 0 atom stereocenters. The summed E-state index contributed by atoms with van der Waals surface area (Å²) in [6.07, 6.45) is 5.32.